The van der Waals surface area contributed by atoms with Crippen LogP contribution in [0.4, 0.5) is 0 Å². The van der Waals surface area contributed by atoms with Crippen molar-refractivity contribution in [2.45, 2.75) is 13.0 Å². The van der Waals surface area contributed by atoms with Crippen LogP contribution in [0.1, 0.15) is 5.56 Å². The Bertz CT molecular complexity index is 735. The van der Waals surface area contributed by atoms with Crippen molar-refractivity contribution >= 4 is 11.6 Å². The zero-order chi connectivity index (χ0) is 14.7. The Morgan fingerprint density at radius 2 is 1.90 bits per heavy atom. The minimum absolute atomic E-state index is 0.267. The quantitative estimate of drug-likeness (QED) is 0.785. The van der Waals surface area contributed by atoms with Crippen LogP contribution in [0.15, 0.2) is 61.1 Å². The van der Waals surface area contributed by atoms with Gasteiger partial charge in [-0.2, -0.15) is 0 Å². The summed E-state index contributed by atoms with van der Waals surface area (Å²) in [5.41, 5.74) is 3.28. The third-order valence-corrected chi connectivity index (χ3v) is 3.64. The van der Waals surface area contributed by atoms with Gasteiger partial charge in [-0.3, -0.25) is 0 Å². The van der Waals surface area contributed by atoms with Crippen LogP contribution in [0, 0.1) is 0 Å². The molecule has 0 atom stereocenters. The first-order valence-electron chi connectivity index (χ1n) is 6.76. The van der Waals surface area contributed by atoms with Crippen LogP contribution in [-0.2, 0) is 13.0 Å². The van der Waals surface area contributed by atoms with E-state index in [2.05, 4.69) is 15.6 Å². The van der Waals surface area contributed by atoms with Gasteiger partial charge in [0, 0.05) is 17.1 Å². The lowest BCUT2D eigenvalue weighted by molar-refractivity contribution is 0.475. The minimum atomic E-state index is 0.267. The highest BCUT2D eigenvalue weighted by Crippen LogP contribution is 2.22. The molecule has 1 heterocycles. The van der Waals surface area contributed by atoms with E-state index in [1.54, 1.807) is 12.1 Å². The predicted molar refractivity (Wildman–Crippen MR) is 84.5 cm³/mol. The lowest BCUT2D eigenvalue weighted by Gasteiger charge is -2.09. The maximum Gasteiger partial charge on any atom is 0.115 e. The fourth-order valence-corrected chi connectivity index (χ4v) is 2.53. The number of halogens is 1. The molecule has 0 unspecified atom stereocenters. The number of benzene rings is 2. The van der Waals surface area contributed by atoms with Gasteiger partial charge in [0.15, 0.2) is 0 Å². The zero-order valence-corrected chi connectivity index (χ0v) is 12.2. The number of imidazole rings is 1. The molecule has 0 aliphatic rings. The summed E-state index contributed by atoms with van der Waals surface area (Å²) < 4.78 is 2.10. The molecular formula is C17H15ClN2O. The van der Waals surface area contributed by atoms with Gasteiger partial charge in [-0.15, -0.1) is 0 Å². The van der Waals surface area contributed by atoms with Gasteiger partial charge in [-0.25, -0.2) is 4.98 Å². The van der Waals surface area contributed by atoms with Crippen molar-refractivity contribution in [3.63, 3.8) is 0 Å². The van der Waals surface area contributed by atoms with E-state index in [-0.39, 0.29) is 5.75 Å². The normalized spacial score (nSPS) is 10.7. The van der Waals surface area contributed by atoms with Gasteiger partial charge in [-0.05, 0) is 48.4 Å². The van der Waals surface area contributed by atoms with Crippen molar-refractivity contribution in [1.82, 2.24) is 9.55 Å². The Kier molecular flexibility index (Phi) is 3.93. The van der Waals surface area contributed by atoms with Crippen LogP contribution in [0.5, 0.6) is 5.75 Å². The number of phenolic OH excluding ortho intramolecular Hbond substituents is 1. The highest BCUT2D eigenvalue weighted by Gasteiger charge is 2.05. The van der Waals surface area contributed by atoms with Gasteiger partial charge < -0.3 is 9.67 Å². The SMILES string of the molecule is Oc1ccc(-c2cncn2CCc2cccc(Cl)c2)cc1. The molecule has 1 aromatic heterocycles. The molecule has 0 bridgehead atoms. The van der Waals surface area contributed by atoms with Crippen molar-refractivity contribution < 1.29 is 5.11 Å². The van der Waals surface area contributed by atoms with Crippen molar-refractivity contribution in [3.8, 4) is 17.0 Å². The van der Waals surface area contributed by atoms with Crippen LogP contribution in [0.3, 0.4) is 0 Å². The Morgan fingerprint density at radius 1 is 1.10 bits per heavy atom. The minimum Gasteiger partial charge on any atom is -0.508 e. The first-order chi connectivity index (χ1) is 10.2. The van der Waals surface area contributed by atoms with Crippen molar-refractivity contribution in [2.75, 3.05) is 0 Å². The van der Waals surface area contributed by atoms with Crippen molar-refractivity contribution in [3.05, 3.63) is 71.6 Å². The summed E-state index contributed by atoms with van der Waals surface area (Å²) in [6.45, 7) is 0.830. The smallest absolute Gasteiger partial charge is 0.115 e. The van der Waals surface area contributed by atoms with E-state index in [4.69, 9.17) is 11.6 Å². The summed E-state index contributed by atoms with van der Waals surface area (Å²) in [5, 5.41) is 10.1. The second kappa shape index (κ2) is 6.02. The second-order valence-electron chi connectivity index (χ2n) is 4.90. The Balaban J connectivity index is 1.78. The molecule has 0 saturated carbocycles. The summed E-state index contributed by atoms with van der Waals surface area (Å²) in [6.07, 6.45) is 4.55. The number of rotatable bonds is 4. The molecule has 3 nitrogen and oxygen atoms in total. The summed E-state index contributed by atoms with van der Waals surface area (Å²) in [7, 11) is 0. The summed E-state index contributed by atoms with van der Waals surface area (Å²) >= 11 is 6.00. The number of hydrogen-bond donors (Lipinski definition) is 1. The number of aromatic hydroxyl groups is 1. The lowest BCUT2D eigenvalue weighted by Crippen LogP contribution is -2.01. The van der Waals surface area contributed by atoms with Gasteiger partial charge in [0.05, 0.1) is 18.2 Å². The first kappa shape index (κ1) is 13.7. The number of aromatic nitrogens is 2. The molecule has 3 rings (SSSR count). The Labute approximate surface area is 128 Å². The predicted octanol–water partition coefficient (Wildman–Crippen LogP) is 4.15. The maximum atomic E-state index is 9.37. The Morgan fingerprint density at radius 3 is 2.67 bits per heavy atom. The van der Waals surface area contributed by atoms with E-state index in [0.29, 0.717) is 0 Å². The first-order valence-corrected chi connectivity index (χ1v) is 7.14. The highest BCUT2D eigenvalue weighted by molar-refractivity contribution is 6.30. The summed E-state index contributed by atoms with van der Waals surface area (Å²) in [6, 6.07) is 15.1. The fraction of sp³-hybridized carbons (Fsp3) is 0.118. The fourth-order valence-electron chi connectivity index (χ4n) is 2.31. The van der Waals surface area contributed by atoms with Gasteiger partial charge in [0.1, 0.15) is 5.75 Å². The van der Waals surface area contributed by atoms with Crippen LogP contribution >= 0.6 is 11.6 Å². The molecule has 21 heavy (non-hydrogen) atoms. The van der Waals surface area contributed by atoms with Crippen LogP contribution < -0.4 is 0 Å². The molecule has 0 spiro atoms. The molecule has 0 radical (unpaired) electrons. The molecule has 0 fully saturated rings. The van der Waals surface area contributed by atoms with Gasteiger partial charge in [0.25, 0.3) is 0 Å². The monoisotopic (exact) mass is 298 g/mol. The van der Waals surface area contributed by atoms with E-state index < -0.39 is 0 Å². The lowest BCUT2D eigenvalue weighted by atomic mass is 10.1. The summed E-state index contributed by atoms with van der Waals surface area (Å²) in [5.74, 6) is 0.267. The van der Waals surface area contributed by atoms with E-state index in [1.807, 2.05) is 42.9 Å². The molecule has 2 aromatic carbocycles. The van der Waals surface area contributed by atoms with Gasteiger partial charge >= 0.3 is 0 Å². The molecule has 0 aliphatic carbocycles. The third kappa shape index (κ3) is 3.26. The van der Waals surface area contributed by atoms with Crippen molar-refractivity contribution in [2.24, 2.45) is 0 Å². The standard InChI is InChI=1S/C17H15ClN2O/c18-15-3-1-2-13(10-15)8-9-20-12-19-11-17(20)14-4-6-16(21)7-5-14/h1-7,10-12,21H,8-9H2. The molecular weight excluding hydrogens is 284 g/mol. The third-order valence-electron chi connectivity index (χ3n) is 3.41. The molecule has 0 aliphatic heterocycles. The van der Waals surface area contributed by atoms with Crippen LogP contribution in [0.25, 0.3) is 11.3 Å². The highest BCUT2D eigenvalue weighted by atomic mass is 35.5. The number of phenols is 1. The molecule has 3 aromatic rings. The average molecular weight is 299 g/mol. The second-order valence-corrected chi connectivity index (χ2v) is 5.34. The molecule has 0 amide bonds. The van der Waals surface area contributed by atoms with E-state index in [1.165, 1.54) is 5.56 Å². The number of aryl methyl sites for hydroxylation is 2. The Hall–Kier alpha value is -2.26. The van der Waals surface area contributed by atoms with Gasteiger partial charge in [-0.1, -0.05) is 23.7 Å². The van der Waals surface area contributed by atoms with Crippen LogP contribution in [0.2, 0.25) is 5.02 Å². The van der Waals surface area contributed by atoms with E-state index in [0.717, 1.165) is 29.2 Å². The van der Waals surface area contributed by atoms with Crippen molar-refractivity contribution in [1.29, 1.82) is 0 Å². The van der Waals surface area contributed by atoms with E-state index in [9.17, 15) is 5.11 Å². The molecule has 4 heteroatoms. The maximum absolute atomic E-state index is 9.37. The van der Waals surface area contributed by atoms with E-state index >= 15 is 0 Å². The van der Waals surface area contributed by atoms with Gasteiger partial charge in [0.2, 0.25) is 0 Å². The average Bonchev–Trinajstić information content (AvgIpc) is 2.94. The molecule has 0 saturated heterocycles. The molecule has 1 N–H and O–H groups in total. The van der Waals surface area contributed by atoms with Crippen LogP contribution in [-0.4, -0.2) is 14.7 Å². The largest absolute Gasteiger partial charge is 0.508 e. The topological polar surface area (TPSA) is 38.1 Å². The molecule has 106 valence electrons. The number of nitrogens with zero attached hydrogens (tertiary/aromatic N) is 2. The number of hydrogen-bond acceptors (Lipinski definition) is 2. The summed E-state index contributed by atoms with van der Waals surface area (Å²) in [4.78, 5) is 4.23. The zero-order valence-electron chi connectivity index (χ0n) is 11.4.